The van der Waals surface area contributed by atoms with Crippen LogP contribution in [-0.2, 0) is 9.59 Å². The fraction of sp³-hybridized carbons (Fsp3) is 0.556. The Bertz CT molecular complexity index is 598. The predicted molar refractivity (Wildman–Crippen MR) is 100 cm³/mol. The zero-order valence-electron chi connectivity index (χ0n) is 14.7. The van der Waals surface area contributed by atoms with Crippen molar-refractivity contribution < 1.29 is 9.59 Å². The van der Waals surface area contributed by atoms with Gasteiger partial charge in [0.1, 0.15) is 0 Å². The lowest BCUT2D eigenvalue weighted by Gasteiger charge is -2.34. The highest BCUT2D eigenvalue weighted by molar-refractivity contribution is 9.10. The van der Waals surface area contributed by atoms with Crippen molar-refractivity contribution in [2.24, 2.45) is 0 Å². The zero-order chi connectivity index (χ0) is 17.7. The van der Waals surface area contributed by atoms with Gasteiger partial charge in [0, 0.05) is 56.2 Å². The van der Waals surface area contributed by atoms with E-state index in [0.717, 1.165) is 48.4 Å². The third-order valence-electron chi connectivity index (χ3n) is 4.55. The van der Waals surface area contributed by atoms with E-state index in [1.807, 2.05) is 30.0 Å². The second kappa shape index (κ2) is 8.62. The standard InChI is InChI=1S/C18H26BrN3O2/c1-4-20-9-11-21(12-10-20)18(24)7-8-22(15(3)23)17-6-5-16(19)13-14(17)2/h5-6,13H,4,7-12H2,1-3H3. The number of rotatable bonds is 5. The number of hydrogen-bond donors (Lipinski definition) is 0. The maximum absolute atomic E-state index is 12.5. The Morgan fingerprint density at radius 2 is 1.88 bits per heavy atom. The SMILES string of the molecule is CCN1CCN(C(=O)CCN(C(C)=O)c2ccc(Br)cc2C)CC1. The minimum Gasteiger partial charge on any atom is -0.340 e. The predicted octanol–water partition coefficient (Wildman–Crippen LogP) is 2.66. The molecule has 0 saturated carbocycles. The second-order valence-corrected chi connectivity index (χ2v) is 7.08. The van der Waals surface area contributed by atoms with Crippen molar-refractivity contribution in [3.63, 3.8) is 0 Å². The third kappa shape index (κ3) is 4.80. The largest absolute Gasteiger partial charge is 0.340 e. The van der Waals surface area contributed by atoms with Gasteiger partial charge in [0.2, 0.25) is 11.8 Å². The first-order valence-corrected chi connectivity index (χ1v) is 9.26. The van der Waals surface area contributed by atoms with Crippen molar-refractivity contribution in [2.45, 2.75) is 27.2 Å². The Labute approximate surface area is 152 Å². The van der Waals surface area contributed by atoms with Gasteiger partial charge in [0.15, 0.2) is 0 Å². The summed E-state index contributed by atoms with van der Waals surface area (Å²) in [6, 6.07) is 5.83. The molecule has 1 aromatic rings. The maximum Gasteiger partial charge on any atom is 0.224 e. The normalized spacial score (nSPS) is 15.4. The summed E-state index contributed by atoms with van der Waals surface area (Å²) in [6.45, 7) is 10.5. The smallest absolute Gasteiger partial charge is 0.224 e. The van der Waals surface area contributed by atoms with Gasteiger partial charge in [0.05, 0.1) is 0 Å². The molecule has 6 heteroatoms. The van der Waals surface area contributed by atoms with Crippen LogP contribution in [0.2, 0.25) is 0 Å². The first kappa shape index (κ1) is 18.9. The summed E-state index contributed by atoms with van der Waals surface area (Å²) in [5, 5.41) is 0. The first-order chi connectivity index (χ1) is 11.4. The topological polar surface area (TPSA) is 43.9 Å². The summed E-state index contributed by atoms with van der Waals surface area (Å²) in [5.74, 6) is 0.0933. The summed E-state index contributed by atoms with van der Waals surface area (Å²) < 4.78 is 0.983. The van der Waals surface area contributed by atoms with Crippen molar-refractivity contribution in [1.29, 1.82) is 0 Å². The monoisotopic (exact) mass is 395 g/mol. The van der Waals surface area contributed by atoms with Crippen LogP contribution in [0.25, 0.3) is 0 Å². The molecule has 0 unspecified atom stereocenters. The van der Waals surface area contributed by atoms with Gasteiger partial charge in [-0.15, -0.1) is 0 Å². The first-order valence-electron chi connectivity index (χ1n) is 8.46. The quantitative estimate of drug-likeness (QED) is 0.769. The van der Waals surface area contributed by atoms with Gasteiger partial charge in [0.25, 0.3) is 0 Å². The summed E-state index contributed by atoms with van der Waals surface area (Å²) >= 11 is 3.44. The van der Waals surface area contributed by atoms with E-state index in [2.05, 4.69) is 27.8 Å². The highest BCUT2D eigenvalue weighted by Gasteiger charge is 2.22. The fourth-order valence-electron chi connectivity index (χ4n) is 3.05. The lowest BCUT2D eigenvalue weighted by Crippen LogP contribution is -2.49. The van der Waals surface area contributed by atoms with Crippen LogP contribution in [0, 0.1) is 6.92 Å². The third-order valence-corrected chi connectivity index (χ3v) is 5.04. The Morgan fingerprint density at radius 3 is 2.42 bits per heavy atom. The molecule has 1 aromatic carbocycles. The Hall–Kier alpha value is -1.40. The molecular formula is C18H26BrN3O2. The van der Waals surface area contributed by atoms with Crippen LogP contribution in [0.1, 0.15) is 25.8 Å². The summed E-state index contributed by atoms with van der Waals surface area (Å²) in [5.41, 5.74) is 1.89. The molecule has 1 fully saturated rings. The van der Waals surface area contributed by atoms with Gasteiger partial charge in [-0.1, -0.05) is 22.9 Å². The fourth-order valence-corrected chi connectivity index (χ4v) is 3.52. The van der Waals surface area contributed by atoms with E-state index in [4.69, 9.17) is 0 Å². The Balaban J connectivity index is 1.97. The lowest BCUT2D eigenvalue weighted by molar-refractivity contribution is -0.132. The van der Waals surface area contributed by atoms with Crippen molar-refractivity contribution in [1.82, 2.24) is 9.80 Å². The van der Waals surface area contributed by atoms with E-state index < -0.39 is 0 Å². The van der Waals surface area contributed by atoms with E-state index in [1.165, 1.54) is 0 Å². The summed E-state index contributed by atoms with van der Waals surface area (Å²) in [4.78, 5) is 30.4. The molecule has 1 aliphatic rings. The maximum atomic E-state index is 12.5. The molecule has 0 aromatic heterocycles. The van der Waals surface area contributed by atoms with Crippen LogP contribution in [0.5, 0.6) is 0 Å². The van der Waals surface area contributed by atoms with Crippen LogP contribution in [0.15, 0.2) is 22.7 Å². The molecule has 0 aliphatic carbocycles. The molecule has 0 atom stereocenters. The average molecular weight is 396 g/mol. The number of carbonyl (C=O) groups is 2. The van der Waals surface area contributed by atoms with Crippen molar-refractivity contribution in [3.8, 4) is 0 Å². The molecule has 24 heavy (non-hydrogen) atoms. The van der Waals surface area contributed by atoms with E-state index >= 15 is 0 Å². The minimum absolute atomic E-state index is 0.0379. The molecule has 0 bridgehead atoms. The Kier molecular flexibility index (Phi) is 6.80. The number of aryl methyl sites for hydroxylation is 1. The van der Waals surface area contributed by atoms with Crippen molar-refractivity contribution in [2.75, 3.05) is 44.2 Å². The van der Waals surface area contributed by atoms with Crippen LogP contribution < -0.4 is 4.90 Å². The molecule has 1 heterocycles. The number of nitrogens with zero attached hydrogens (tertiary/aromatic N) is 3. The van der Waals surface area contributed by atoms with E-state index in [9.17, 15) is 9.59 Å². The summed E-state index contributed by atoms with van der Waals surface area (Å²) in [7, 11) is 0. The van der Waals surface area contributed by atoms with Gasteiger partial charge < -0.3 is 14.7 Å². The van der Waals surface area contributed by atoms with Gasteiger partial charge >= 0.3 is 0 Å². The van der Waals surface area contributed by atoms with Gasteiger partial charge in [-0.05, 0) is 37.2 Å². The molecule has 2 rings (SSSR count). The molecule has 132 valence electrons. The number of halogens is 1. The zero-order valence-corrected chi connectivity index (χ0v) is 16.3. The molecule has 1 saturated heterocycles. The molecular weight excluding hydrogens is 370 g/mol. The van der Waals surface area contributed by atoms with E-state index in [1.54, 1.807) is 11.8 Å². The van der Waals surface area contributed by atoms with E-state index in [-0.39, 0.29) is 11.8 Å². The van der Waals surface area contributed by atoms with Crippen LogP contribution >= 0.6 is 15.9 Å². The molecule has 1 aliphatic heterocycles. The summed E-state index contributed by atoms with van der Waals surface area (Å²) in [6.07, 6.45) is 0.362. The molecule has 0 N–H and O–H groups in total. The van der Waals surface area contributed by atoms with Crippen molar-refractivity contribution in [3.05, 3.63) is 28.2 Å². The molecule has 0 radical (unpaired) electrons. The molecule has 2 amide bonds. The second-order valence-electron chi connectivity index (χ2n) is 6.17. The number of amides is 2. The number of benzene rings is 1. The van der Waals surface area contributed by atoms with Crippen molar-refractivity contribution >= 4 is 33.4 Å². The molecule has 0 spiro atoms. The minimum atomic E-state index is -0.0379. The Morgan fingerprint density at radius 1 is 1.21 bits per heavy atom. The number of anilines is 1. The number of piperazine rings is 1. The molecule has 5 nitrogen and oxygen atoms in total. The number of likely N-dealkylation sites (N-methyl/N-ethyl adjacent to an activating group) is 1. The average Bonchev–Trinajstić information content (AvgIpc) is 2.56. The lowest BCUT2D eigenvalue weighted by atomic mass is 10.1. The highest BCUT2D eigenvalue weighted by atomic mass is 79.9. The number of carbonyl (C=O) groups excluding carboxylic acids is 2. The van der Waals surface area contributed by atoms with E-state index in [0.29, 0.717) is 13.0 Å². The van der Waals surface area contributed by atoms with Gasteiger partial charge in [-0.3, -0.25) is 9.59 Å². The highest BCUT2D eigenvalue weighted by Crippen LogP contribution is 2.24. The van der Waals surface area contributed by atoms with Crippen LogP contribution in [0.3, 0.4) is 0 Å². The van der Waals surface area contributed by atoms with Crippen LogP contribution in [0.4, 0.5) is 5.69 Å². The van der Waals surface area contributed by atoms with Gasteiger partial charge in [-0.2, -0.15) is 0 Å². The van der Waals surface area contributed by atoms with Gasteiger partial charge in [-0.25, -0.2) is 0 Å². The van der Waals surface area contributed by atoms with Crippen LogP contribution in [-0.4, -0.2) is 60.9 Å². The number of hydrogen-bond acceptors (Lipinski definition) is 3.